The van der Waals surface area contributed by atoms with Gasteiger partial charge in [0, 0.05) is 6.07 Å². The maximum absolute atomic E-state index is 14.0. The van der Waals surface area contributed by atoms with Gasteiger partial charge in [-0.3, -0.25) is 4.79 Å². The molecule has 0 saturated carbocycles. The average Bonchev–Trinajstić information content (AvgIpc) is 2.81. The Morgan fingerprint density at radius 2 is 1.68 bits per heavy atom. The van der Waals surface area contributed by atoms with E-state index in [1.807, 2.05) is 31.2 Å². The van der Waals surface area contributed by atoms with Crippen molar-refractivity contribution in [1.82, 2.24) is 0 Å². The topological polar surface area (TPSA) is 57.9 Å². The minimum atomic E-state index is -4.91. The van der Waals surface area contributed by atoms with Gasteiger partial charge in [-0.25, -0.2) is 0 Å². The molecular formula is C26H21F3O5. The lowest BCUT2D eigenvalue weighted by Gasteiger charge is -2.15. The summed E-state index contributed by atoms with van der Waals surface area (Å²) in [7, 11) is 2.76. The van der Waals surface area contributed by atoms with Crippen LogP contribution in [0.25, 0.3) is 22.1 Å². The monoisotopic (exact) mass is 470 g/mol. The smallest absolute Gasteiger partial charge is 0.450 e. The molecule has 0 fully saturated rings. The summed E-state index contributed by atoms with van der Waals surface area (Å²) in [4.78, 5) is 13.2. The van der Waals surface area contributed by atoms with Crippen LogP contribution in [0.4, 0.5) is 13.2 Å². The van der Waals surface area contributed by atoms with Crippen molar-refractivity contribution in [2.75, 3.05) is 14.2 Å². The van der Waals surface area contributed by atoms with E-state index in [1.54, 1.807) is 0 Å². The van der Waals surface area contributed by atoms with Crippen molar-refractivity contribution in [3.8, 4) is 28.4 Å². The number of rotatable bonds is 6. The molecule has 0 aliphatic rings. The molecule has 0 saturated heterocycles. The van der Waals surface area contributed by atoms with Crippen molar-refractivity contribution in [1.29, 1.82) is 0 Å². The Morgan fingerprint density at radius 1 is 0.912 bits per heavy atom. The number of halogens is 3. The summed E-state index contributed by atoms with van der Waals surface area (Å²) in [5.41, 5.74) is 0.327. The van der Waals surface area contributed by atoms with Crippen LogP contribution in [0, 0.1) is 6.92 Å². The summed E-state index contributed by atoms with van der Waals surface area (Å²) in [5.74, 6) is -0.606. The Labute approximate surface area is 193 Å². The van der Waals surface area contributed by atoms with E-state index in [1.165, 1.54) is 50.6 Å². The lowest BCUT2D eigenvalue weighted by Crippen LogP contribution is -2.16. The largest absolute Gasteiger partial charge is 0.493 e. The first-order valence-electron chi connectivity index (χ1n) is 10.3. The van der Waals surface area contributed by atoms with Gasteiger partial charge < -0.3 is 18.6 Å². The van der Waals surface area contributed by atoms with Crippen LogP contribution in [0.1, 0.15) is 16.9 Å². The van der Waals surface area contributed by atoms with Gasteiger partial charge >= 0.3 is 6.18 Å². The van der Waals surface area contributed by atoms with E-state index in [2.05, 4.69) is 0 Å². The number of methoxy groups -OCH3 is 2. The Kier molecular flexibility index (Phi) is 6.24. The quantitative estimate of drug-likeness (QED) is 0.327. The molecule has 0 bridgehead atoms. The molecule has 0 aliphatic carbocycles. The van der Waals surface area contributed by atoms with E-state index in [-0.39, 0.29) is 34.6 Å². The second kappa shape index (κ2) is 9.13. The summed E-state index contributed by atoms with van der Waals surface area (Å²) in [6, 6.07) is 16.0. The molecule has 0 radical (unpaired) electrons. The van der Waals surface area contributed by atoms with E-state index < -0.39 is 22.9 Å². The first-order chi connectivity index (χ1) is 16.2. The van der Waals surface area contributed by atoms with Crippen molar-refractivity contribution in [2.45, 2.75) is 19.7 Å². The van der Waals surface area contributed by atoms with Crippen LogP contribution in [-0.4, -0.2) is 14.2 Å². The molecule has 34 heavy (non-hydrogen) atoms. The van der Waals surface area contributed by atoms with Crippen LogP contribution >= 0.6 is 0 Å². The summed E-state index contributed by atoms with van der Waals surface area (Å²) < 4.78 is 63.2. The average molecular weight is 470 g/mol. The molecular weight excluding hydrogens is 449 g/mol. The number of alkyl halides is 3. The molecule has 0 amide bonds. The zero-order valence-corrected chi connectivity index (χ0v) is 18.7. The molecule has 5 nitrogen and oxygen atoms in total. The summed E-state index contributed by atoms with van der Waals surface area (Å²) in [5, 5.41) is 0.000639. The number of ether oxygens (including phenoxy) is 3. The molecule has 4 aromatic rings. The molecule has 0 aliphatic heterocycles. The minimum absolute atomic E-state index is 0.000369. The summed E-state index contributed by atoms with van der Waals surface area (Å²) in [6.45, 7) is 2.16. The van der Waals surface area contributed by atoms with E-state index in [0.29, 0.717) is 5.75 Å². The molecule has 1 aromatic heterocycles. The van der Waals surface area contributed by atoms with Crippen LogP contribution < -0.4 is 19.6 Å². The fourth-order valence-electron chi connectivity index (χ4n) is 3.69. The molecule has 8 heteroatoms. The van der Waals surface area contributed by atoms with E-state index in [9.17, 15) is 18.0 Å². The highest BCUT2D eigenvalue weighted by molar-refractivity contribution is 5.84. The maximum atomic E-state index is 14.0. The third-order valence-electron chi connectivity index (χ3n) is 5.28. The first kappa shape index (κ1) is 23.2. The number of fused-ring (bicyclic) bond motifs is 1. The molecule has 0 N–H and O–H groups in total. The highest BCUT2D eigenvalue weighted by Crippen LogP contribution is 2.40. The highest BCUT2D eigenvalue weighted by Gasteiger charge is 2.39. The highest BCUT2D eigenvalue weighted by atomic mass is 19.4. The van der Waals surface area contributed by atoms with E-state index in [0.717, 1.165) is 11.1 Å². The van der Waals surface area contributed by atoms with Crippen molar-refractivity contribution < 1.29 is 31.8 Å². The Balaban J connectivity index is 1.81. The molecule has 3 aromatic carbocycles. The van der Waals surface area contributed by atoms with Crippen molar-refractivity contribution in [3.05, 3.63) is 87.8 Å². The van der Waals surface area contributed by atoms with Crippen LogP contribution in [0.15, 0.2) is 69.9 Å². The number of hydrogen-bond acceptors (Lipinski definition) is 5. The van der Waals surface area contributed by atoms with Gasteiger partial charge in [-0.15, -0.1) is 0 Å². The zero-order chi connectivity index (χ0) is 24.5. The summed E-state index contributed by atoms with van der Waals surface area (Å²) in [6.07, 6.45) is -4.91. The second-order valence-corrected chi connectivity index (χ2v) is 7.64. The van der Waals surface area contributed by atoms with Gasteiger partial charge in [-0.05, 0) is 42.3 Å². The molecule has 0 atom stereocenters. The van der Waals surface area contributed by atoms with Crippen molar-refractivity contribution >= 4 is 11.0 Å². The number of aryl methyl sites for hydroxylation is 1. The molecule has 1 heterocycles. The van der Waals surface area contributed by atoms with Gasteiger partial charge in [0.2, 0.25) is 11.2 Å². The van der Waals surface area contributed by atoms with Crippen LogP contribution in [-0.2, 0) is 12.8 Å². The zero-order valence-electron chi connectivity index (χ0n) is 18.7. The van der Waals surface area contributed by atoms with Gasteiger partial charge in [0.25, 0.3) is 0 Å². The summed E-state index contributed by atoms with van der Waals surface area (Å²) >= 11 is 0. The van der Waals surface area contributed by atoms with Gasteiger partial charge in [-0.2, -0.15) is 13.2 Å². The Hall–Kier alpha value is -3.94. The maximum Gasteiger partial charge on any atom is 0.450 e. The normalized spacial score (nSPS) is 11.5. The van der Waals surface area contributed by atoms with Crippen LogP contribution in [0.2, 0.25) is 0 Å². The molecule has 0 spiro atoms. The third kappa shape index (κ3) is 4.57. The lowest BCUT2D eigenvalue weighted by atomic mass is 10.0. The van der Waals surface area contributed by atoms with E-state index >= 15 is 0 Å². The van der Waals surface area contributed by atoms with Gasteiger partial charge in [-0.1, -0.05) is 35.9 Å². The predicted molar refractivity (Wildman–Crippen MR) is 122 cm³/mol. The number of hydrogen-bond donors (Lipinski definition) is 0. The molecule has 176 valence electrons. The fraction of sp³-hybridized carbons (Fsp3) is 0.192. The van der Waals surface area contributed by atoms with Gasteiger partial charge in [0.05, 0.1) is 25.2 Å². The van der Waals surface area contributed by atoms with Gasteiger partial charge in [0.15, 0.2) is 11.5 Å². The predicted octanol–water partition coefficient (Wildman–Crippen LogP) is 6.38. The standard InChI is InChI=1S/C26H21F3O5/c1-15-5-4-6-16(11-15)14-33-18-8-9-19-21(13-18)34-25(26(27,28)29)23(24(19)30)17-7-10-20(31-2)22(12-17)32-3/h4-13H,14H2,1-3H3. The second-order valence-electron chi connectivity index (χ2n) is 7.64. The van der Waals surface area contributed by atoms with Gasteiger partial charge in [0.1, 0.15) is 17.9 Å². The molecule has 0 unspecified atom stereocenters. The van der Waals surface area contributed by atoms with Crippen LogP contribution in [0.5, 0.6) is 17.2 Å². The fourth-order valence-corrected chi connectivity index (χ4v) is 3.69. The third-order valence-corrected chi connectivity index (χ3v) is 5.28. The van der Waals surface area contributed by atoms with Crippen molar-refractivity contribution in [2.24, 2.45) is 0 Å². The SMILES string of the molecule is COc1ccc(-c2c(C(F)(F)F)oc3cc(OCc4cccc(C)c4)ccc3c2=O)cc1OC. The lowest BCUT2D eigenvalue weighted by molar-refractivity contribution is -0.152. The van der Waals surface area contributed by atoms with E-state index in [4.69, 9.17) is 18.6 Å². The first-order valence-corrected chi connectivity index (χ1v) is 10.3. The number of benzene rings is 3. The minimum Gasteiger partial charge on any atom is -0.493 e. The Morgan fingerprint density at radius 3 is 2.35 bits per heavy atom. The van der Waals surface area contributed by atoms with Crippen molar-refractivity contribution in [3.63, 3.8) is 0 Å². The van der Waals surface area contributed by atoms with Crippen LogP contribution in [0.3, 0.4) is 0 Å². The molecule has 4 rings (SSSR count). The Bertz CT molecular complexity index is 1410.